The minimum Gasteiger partial charge on any atom is -0.328 e. The topological polar surface area (TPSA) is 79.6 Å². The normalized spacial score (nSPS) is 13.2. The third-order valence-electron chi connectivity index (χ3n) is 0.887. The van der Waals surface area contributed by atoms with Gasteiger partial charge in [0.15, 0.2) is 0 Å². The van der Waals surface area contributed by atoms with Crippen molar-refractivity contribution in [2.24, 2.45) is 0 Å². The van der Waals surface area contributed by atoms with E-state index in [-0.39, 0.29) is 0 Å². The van der Waals surface area contributed by atoms with Gasteiger partial charge in [0, 0.05) is 7.11 Å². The van der Waals surface area contributed by atoms with Crippen LogP contribution in [0.15, 0.2) is 0 Å². The summed E-state index contributed by atoms with van der Waals surface area (Å²) in [5.41, 5.74) is 0. The van der Waals surface area contributed by atoms with Gasteiger partial charge in [-0.05, 0) is 0 Å². The molecule has 0 saturated carbocycles. The minimum atomic E-state index is -4.03. The lowest BCUT2D eigenvalue weighted by Gasteiger charge is -1.99. The maximum Gasteiger partial charge on any atom is 0.537 e. The molecule has 0 radical (unpaired) electrons. The monoisotopic (exact) mass is 195 g/mol. The predicted octanol–water partition coefficient (Wildman–Crippen LogP) is 2.04. The van der Waals surface area contributed by atoms with Gasteiger partial charge in [-0.2, -0.15) is 0 Å². The Morgan fingerprint density at radius 3 is 2.00 bits per heavy atom. The Balaban J connectivity index is 0. The highest BCUT2D eigenvalue weighted by Gasteiger charge is 2.18. The number of phosphoric ester groups is 1. The van der Waals surface area contributed by atoms with E-state index in [2.05, 4.69) is 22.9 Å². The standard InChI is InChI=1S/C4H10.C2H4NO4P/c1-3-4-2;1-6-8(4,5)7-2-3/h3-4H2,1-2H3;1H3,(H,4,5). The van der Waals surface area contributed by atoms with Gasteiger partial charge in [0.05, 0.1) is 0 Å². The van der Waals surface area contributed by atoms with E-state index in [1.165, 1.54) is 12.8 Å². The maximum atomic E-state index is 10.1. The molecule has 0 spiro atoms. The summed E-state index contributed by atoms with van der Waals surface area (Å²) in [6, 6.07) is 0. The molecule has 0 aliphatic rings. The number of rotatable bonds is 3. The van der Waals surface area contributed by atoms with Crippen LogP contribution in [0.3, 0.4) is 0 Å². The van der Waals surface area contributed by atoms with Crippen molar-refractivity contribution in [2.45, 2.75) is 26.7 Å². The Bertz CT molecular complexity index is 175. The van der Waals surface area contributed by atoms with Crippen LogP contribution < -0.4 is 0 Å². The first-order chi connectivity index (χ1) is 5.54. The summed E-state index contributed by atoms with van der Waals surface area (Å²) < 4.78 is 17.5. The van der Waals surface area contributed by atoms with Gasteiger partial charge in [0.25, 0.3) is 6.26 Å². The molecule has 0 fully saturated rings. The van der Waals surface area contributed by atoms with E-state index in [4.69, 9.17) is 10.2 Å². The first-order valence-corrected chi connectivity index (χ1v) is 4.99. The number of phosphoric acid groups is 1. The Hall–Kier alpha value is -0.560. The van der Waals surface area contributed by atoms with Crippen LogP contribution in [0, 0.1) is 11.5 Å². The van der Waals surface area contributed by atoms with E-state index in [1.54, 1.807) is 0 Å². The smallest absolute Gasteiger partial charge is 0.328 e. The Kier molecular flexibility index (Phi) is 9.95. The molecular formula is C6H14NO4P. The quantitative estimate of drug-likeness (QED) is 0.550. The van der Waals surface area contributed by atoms with Crippen molar-refractivity contribution in [3.05, 3.63) is 0 Å². The summed E-state index contributed by atoms with van der Waals surface area (Å²) in [5, 5.41) is 7.65. The molecular weight excluding hydrogens is 181 g/mol. The van der Waals surface area contributed by atoms with E-state index in [9.17, 15) is 4.57 Å². The first kappa shape index (κ1) is 14.0. The van der Waals surface area contributed by atoms with Crippen LogP contribution in [0.5, 0.6) is 0 Å². The zero-order valence-corrected chi connectivity index (χ0v) is 8.38. The Labute approximate surface area is 72.5 Å². The highest BCUT2D eigenvalue weighted by Crippen LogP contribution is 2.41. The fourth-order valence-corrected chi connectivity index (χ4v) is 0.267. The predicted molar refractivity (Wildman–Crippen MR) is 44.1 cm³/mol. The second-order valence-electron chi connectivity index (χ2n) is 1.83. The number of hydrogen-bond donors (Lipinski definition) is 1. The van der Waals surface area contributed by atoms with Crippen LogP contribution in [-0.4, -0.2) is 12.0 Å². The molecule has 0 rings (SSSR count). The van der Waals surface area contributed by atoms with Gasteiger partial charge in [-0.25, -0.2) is 4.57 Å². The Morgan fingerprint density at radius 1 is 1.50 bits per heavy atom. The van der Waals surface area contributed by atoms with Crippen LogP contribution in [0.1, 0.15) is 26.7 Å². The summed E-state index contributed by atoms with van der Waals surface area (Å²) in [6.07, 6.45) is 3.66. The number of unbranched alkanes of at least 4 members (excludes halogenated alkanes) is 1. The highest BCUT2D eigenvalue weighted by atomic mass is 31.2. The maximum absolute atomic E-state index is 10.1. The van der Waals surface area contributed by atoms with Crippen LogP contribution >= 0.6 is 7.82 Å². The van der Waals surface area contributed by atoms with E-state index in [0.29, 0.717) is 0 Å². The average molecular weight is 195 g/mol. The molecule has 6 heteroatoms. The van der Waals surface area contributed by atoms with E-state index in [0.717, 1.165) is 13.4 Å². The fourth-order valence-electron chi connectivity index (χ4n) is 0.0889. The fraction of sp³-hybridized carbons (Fsp3) is 0.833. The third-order valence-corrected chi connectivity index (χ3v) is 1.66. The second kappa shape index (κ2) is 8.54. The lowest BCUT2D eigenvalue weighted by atomic mass is 10.4. The molecule has 1 N–H and O–H groups in total. The molecule has 0 aromatic carbocycles. The molecule has 72 valence electrons. The summed E-state index contributed by atoms with van der Waals surface area (Å²) in [6.45, 7) is 4.36. The molecule has 5 nitrogen and oxygen atoms in total. The molecule has 1 unspecified atom stereocenters. The van der Waals surface area contributed by atoms with Crippen LogP contribution in [0.25, 0.3) is 0 Å². The SMILES string of the molecule is CCCC.COP(=O)(O)OC#N. The van der Waals surface area contributed by atoms with Gasteiger partial charge < -0.3 is 4.52 Å². The van der Waals surface area contributed by atoms with E-state index < -0.39 is 7.82 Å². The number of nitriles is 1. The molecule has 0 aliphatic carbocycles. The van der Waals surface area contributed by atoms with Gasteiger partial charge in [-0.1, -0.05) is 26.7 Å². The van der Waals surface area contributed by atoms with Gasteiger partial charge in [0.1, 0.15) is 0 Å². The average Bonchev–Trinajstić information content (AvgIpc) is 2.05. The van der Waals surface area contributed by atoms with Gasteiger partial charge >= 0.3 is 7.82 Å². The Morgan fingerprint density at radius 2 is 1.92 bits per heavy atom. The van der Waals surface area contributed by atoms with Crippen molar-refractivity contribution in [2.75, 3.05) is 7.11 Å². The molecule has 0 saturated heterocycles. The molecule has 1 atom stereocenters. The van der Waals surface area contributed by atoms with Gasteiger partial charge in [0.2, 0.25) is 0 Å². The first-order valence-electron chi connectivity index (χ1n) is 3.50. The van der Waals surface area contributed by atoms with Crippen molar-refractivity contribution in [1.29, 1.82) is 5.26 Å². The lowest BCUT2D eigenvalue weighted by Crippen LogP contribution is -1.83. The number of hydrogen-bond acceptors (Lipinski definition) is 4. The molecule has 0 aliphatic heterocycles. The van der Waals surface area contributed by atoms with Crippen LogP contribution in [-0.2, 0) is 13.6 Å². The summed E-state index contributed by atoms with van der Waals surface area (Å²) in [5.74, 6) is 0. The largest absolute Gasteiger partial charge is 0.537 e. The molecule has 0 aromatic rings. The molecule has 0 amide bonds. The highest BCUT2D eigenvalue weighted by molar-refractivity contribution is 7.47. The zero-order chi connectivity index (χ0) is 10.0. The van der Waals surface area contributed by atoms with E-state index in [1.807, 2.05) is 0 Å². The zero-order valence-electron chi connectivity index (χ0n) is 7.48. The molecule has 12 heavy (non-hydrogen) atoms. The van der Waals surface area contributed by atoms with Crippen molar-refractivity contribution >= 4 is 7.82 Å². The van der Waals surface area contributed by atoms with Crippen molar-refractivity contribution in [1.82, 2.24) is 0 Å². The molecule has 0 heterocycles. The minimum absolute atomic E-state index is 0.970. The van der Waals surface area contributed by atoms with Crippen LogP contribution in [0.2, 0.25) is 0 Å². The second-order valence-corrected chi connectivity index (χ2v) is 3.32. The summed E-state index contributed by atoms with van der Waals surface area (Å²) in [7, 11) is -3.06. The summed E-state index contributed by atoms with van der Waals surface area (Å²) in [4.78, 5) is 8.21. The van der Waals surface area contributed by atoms with Gasteiger partial charge in [-0.15, -0.1) is 5.26 Å². The summed E-state index contributed by atoms with van der Waals surface area (Å²) >= 11 is 0. The number of nitrogens with zero attached hydrogens (tertiary/aromatic N) is 1. The molecule has 0 bridgehead atoms. The van der Waals surface area contributed by atoms with E-state index >= 15 is 0 Å². The molecule has 0 aromatic heterocycles. The van der Waals surface area contributed by atoms with Crippen molar-refractivity contribution in [3.63, 3.8) is 0 Å². The van der Waals surface area contributed by atoms with Crippen molar-refractivity contribution in [3.8, 4) is 6.26 Å². The van der Waals surface area contributed by atoms with Crippen LogP contribution in [0.4, 0.5) is 0 Å². The van der Waals surface area contributed by atoms with Gasteiger partial charge in [-0.3, -0.25) is 9.42 Å². The third kappa shape index (κ3) is 12.1. The lowest BCUT2D eigenvalue weighted by molar-refractivity contribution is 0.229. The van der Waals surface area contributed by atoms with Crippen molar-refractivity contribution < 1.29 is 18.5 Å².